The standard InChI is InChI=1S/C15H26N2/c1-5-12-17(4)14(6-2)15(16-3)13-10-8-7-9-11-13/h7-11,14-16H,5-6,12H2,1-4H3. The molecule has 1 aromatic rings. The third kappa shape index (κ3) is 3.83. The molecule has 2 heteroatoms. The summed E-state index contributed by atoms with van der Waals surface area (Å²) in [5.41, 5.74) is 1.38. The largest absolute Gasteiger partial charge is 0.312 e. The van der Waals surface area contributed by atoms with E-state index in [0.717, 1.165) is 13.0 Å². The summed E-state index contributed by atoms with van der Waals surface area (Å²) < 4.78 is 0. The van der Waals surface area contributed by atoms with Gasteiger partial charge in [-0.1, -0.05) is 44.2 Å². The Morgan fingerprint density at radius 2 is 1.82 bits per heavy atom. The van der Waals surface area contributed by atoms with Crippen molar-refractivity contribution in [1.82, 2.24) is 10.2 Å². The van der Waals surface area contributed by atoms with Crippen LogP contribution in [0.1, 0.15) is 38.3 Å². The van der Waals surface area contributed by atoms with Gasteiger partial charge in [-0.25, -0.2) is 0 Å². The van der Waals surface area contributed by atoms with E-state index in [4.69, 9.17) is 0 Å². The topological polar surface area (TPSA) is 15.3 Å². The monoisotopic (exact) mass is 234 g/mol. The Balaban J connectivity index is 2.83. The Hall–Kier alpha value is -0.860. The van der Waals surface area contributed by atoms with Crippen LogP contribution in [0.25, 0.3) is 0 Å². The summed E-state index contributed by atoms with van der Waals surface area (Å²) in [6, 6.07) is 11.7. The molecular weight excluding hydrogens is 208 g/mol. The van der Waals surface area contributed by atoms with Crippen LogP contribution in [0, 0.1) is 0 Å². The van der Waals surface area contributed by atoms with Crippen LogP contribution in [0.4, 0.5) is 0 Å². The molecule has 96 valence electrons. The summed E-state index contributed by atoms with van der Waals surface area (Å²) >= 11 is 0. The van der Waals surface area contributed by atoms with Crippen LogP contribution in [0.5, 0.6) is 0 Å². The number of benzene rings is 1. The Kier molecular flexibility index (Phi) is 6.23. The molecule has 17 heavy (non-hydrogen) atoms. The lowest BCUT2D eigenvalue weighted by Gasteiger charge is -2.34. The van der Waals surface area contributed by atoms with Gasteiger partial charge in [0.15, 0.2) is 0 Å². The smallest absolute Gasteiger partial charge is 0.0475 e. The van der Waals surface area contributed by atoms with E-state index in [1.54, 1.807) is 0 Å². The first-order valence-electron chi connectivity index (χ1n) is 6.67. The van der Waals surface area contributed by atoms with Gasteiger partial charge in [0.1, 0.15) is 0 Å². The van der Waals surface area contributed by atoms with Gasteiger partial charge in [-0.15, -0.1) is 0 Å². The molecule has 2 nitrogen and oxygen atoms in total. The van der Waals surface area contributed by atoms with Gasteiger partial charge in [-0.2, -0.15) is 0 Å². The molecule has 1 N–H and O–H groups in total. The molecule has 0 radical (unpaired) electrons. The molecule has 0 aromatic heterocycles. The SMILES string of the molecule is CCCN(C)C(CC)C(NC)c1ccccc1. The summed E-state index contributed by atoms with van der Waals surface area (Å²) in [7, 11) is 4.28. The zero-order valence-electron chi connectivity index (χ0n) is 11.6. The van der Waals surface area contributed by atoms with Crippen LogP contribution in [0.15, 0.2) is 30.3 Å². The van der Waals surface area contributed by atoms with Crippen LogP contribution < -0.4 is 5.32 Å². The summed E-state index contributed by atoms with van der Waals surface area (Å²) in [6.45, 7) is 5.66. The number of nitrogens with one attached hydrogen (secondary N) is 1. The molecule has 0 bridgehead atoms. The fraction of sp³-hybridized carbons (Fsp3) is 0.600. The Labute approximate surface area is 106 Å². The molecule has 0 heterocycles. The summed E-state index contributed by atoms with van der Waals surface area (Å²) in [4.78, 5) is 2.47. The third-order valence-corrected chi connectivity index (χ3v) is 3.42. The fourth-order valence-corrected chi connectivity index (χ4v) is 2.56. The van der Waals surface area contributed by atoms with Gasteiger partial charge in [-0.05, 0) is 39.0 Å². The van der Waals surface area contributed by atoms with Gasteiger partial charge < -0.3 is 10.2 Å². The second-order valence-electron chi connectivity index (χ2n) is 4.63. The fourth-order valence-electron chi connectivity index (χ4n) is 2.56. The molecular formula is C15H26N2. The van der Waals surface area contributed by atoms with Gasteiger partial charge in [0.25, 0.3) is 0 Å². The highest BCUT2D eigenvalue weighted by Crippen LogP contribution is 2.22. The molecule has 0 fully saturated rings. The Morgan fingerprint density at radius 1 is 1.18 bits per heavy atom. The van der Waals surface area contributed by atoms with E-state index in [1.165, 1.54) is 12.0 Å². The number of likely N-dealkylation sites (N-methyl/N-ethyl adjacent to an activating group) is 2. The van der Waals surface area contributed by atoms with E-state index in [2.05, 4.69) is 68.5 Å². The zero-order valence-corrected chi connectivity index (χ0v) is 11.6. The number of rotatable bonds is 7. The number of hydrogen-bond donors (Lipinski definition) is 1. The molecule has 0 saturated carbocycles. The van der Waals surface area contributed by atoms with Crippen molar-refractivity contribution in [3.05, 3.63) is 35.9 Å². The molecule has 2 unspecified atom stereocenters. The van der Waals surface area contributed by atoms with Crippen molar-refractivity contribution >= 4 is 0 Å². The first kappa shape index (κ1) is 14.2. The third-order valence-electron chi connectivity index (χ3n) is 3.42. The molecule has 0 spiro atoms. The molecule has 0 aliphatic rings. The minimum absolute atomic E-state index is 0.415. The van der Waals surface area contributed by atoms with E-state index in [0.29, 0.717) is 12.1 Å². The van der Waals surface area contributed by atoms with Crippen molar-refractivity contribution in [3.8, 4) is 0 Å². The molecule has 0 saturated heterocycles. The van der Waals surface area contributed by atoms with Crippen molar-refractivity contribution in [3.63, 3.8) is 0 Å². The predicted octanol–water partition coefficient (Wildman–Crippen LogP) is 3.07. The van der Waals surface area contributed by atoms with Crippen LogP contribution >= 0.6 is 0 Å². The number of nitrogens with zero attached hydrogens (tertiary/aromatic N) is 1. The van der Waals surface area contributed by atoms with E-state index >= 15 is 0 Å². The predicted molar refractivity (Wildman–Crippen MR) is 75.2 cm³/mol. The first-order valence-corrected chi connectivity index (χ1v) is 6.67. The zero-order chi connectivity index (χ0) is 12.7. The quantitative estimate of drug-likeness (QED) is 0.780. The lowest BCUT2D eigenvalue weighted by Crippen LogP contribution is -2.41. The molecule has 0 aliphatic carbocycles. The molecule has 1 rings (SSSR count). The molecule has 0 aliphatic heterocycles. The minimum atomic E-state index is 0.415. The Bertz CT molecular complexity index is 297. The number of hydrogen-bond acceptors (Lipinski definition) is 2. The molecule has 0 amide bonds. The van der Waals surface area contributed by atoms with Crippen LogP contribution in [-0.4, -0.2) is 31.6 Å². The van der Waals surface area contributed by atoms with Crippen molar-refractivity contribution < 1.29 is 0 Å². The maximum Gasteiger partial charge on any atom is 0.0475 e. The van der Waals surface area contributed by atoms with Gasteiger partial charge >= 0.3 is 0 Å². The average Bonchev–Trinajstić information content (AvgIpc) is 2.37. The van der Waals surface area contributed by atoms with Gasteiger partial charge in [0, 0.05) is 12.1 Å². The van der Waals surface area contributed by atoms with Crippen LogP contribution in [-0.2, 0) is 0 Å². The first-order chi connectivity index (χ1) is 8.24. The van der Waals surface area contributed by atoms with Crippen LogP contribution in [0.2, 0.25) is 0 Å². The molecule has 2 atom stereocenters. The summed E-state index contributed by atoms with van der Waals surface area (Å²) in [6.07, 6.45) is 2.37. The lowest BCUT2D eigenvalue weighted by atomic mass is 9.96. The summed E-state index contributed by atoms with van der Waals surface area (Å²) in [5.74, 6) is 0. The average molecular weight is 234 g/mol. The highest BCUT2D eigenvalue weighted by Gasteiger charge is 2.23. The molecule has 1 aromatic carbocycles. The van der Waals surface area contributed by atoms with Crippen molar-refractivity contribution in [2.24, 2.45) is 0 Å². The van der Waals surface area contributed by atoms with Gasteiger partial charge in [-0.3, -0.25) is 0 Å². The highest BCUT2D eigenvalue weighted by molar-refractivity contribution is 5.20. The van der Waals surface area contributed by atoms with Crippen LogP contribution in [0.3, 0.4) is 0 Å². The van der Waals surface area contributed by atoms with E-state index in [1.807, 2.05) is 0 Å². The Morgan fingerprint density at radius 3 is 2.29 bits per heavy atom. The van der Waals surface area contributed by atoms with Crippen molar-refractivity contribution in [2.75, 3.05) is 20.6 Å². The summed E-state index contributed by atoms with van der Waals surface area (Å²) in [5, 5.41) is 3.47. The lowest BCUT2D eigenvalue weighted by molar-refractivity contribution is 0.191. The van der Waals surface area contributed by atoms with E-state index < -0.39 is 0 Å². The maximum atomic E-state index is 3.47. The second-order valence-corrected chi connectivity index (χ2v) is 4.63. The van der Waals surface area contributed by atoms with E-state index in [-0.39, 0.29) is 0 Å². The highest BCUT2D eigenvalue weighted by atomic mass is 15.2. The van der Waals surface area contributed by atoms with Crippen molar-refractivity contribution in [1.29, 1.82) is 0 Å². The van der Waals surface area contributed by atoms with Gasteiger partial charge in [0.2, 0.25) is 0 Å². The van der Waals surface area contributed by atoms with Gasteiger partial charge in [0.05, 0.1) is 0 Å². The minimum Gasteiger partial charge on any atom is -0.312 e. The normalized spacial score (nSPS) is 14.9. The van der Waals surface area contributed by atoms with Crippen molar-refractivity contribution in [2.45, 2.75) is 38.8 Å². The van der Waals surface area contributed by atoms with E-state index in [9.17, 15) is 0 Å². The maximum absolute atomic E-state index is 3.47. The second kappa shape index (κ2) is 7.46.